The largest absolute Gasteiger partial charge is 0.476 e. The van der Waals surface area contributed by atoms with E-state index in [4.69, 9.17) is 5.11 Å². The van der Waals surface area contributed by atoms with Crippen LogP contribution in [0.25, 0.3) is 5.03 Å². The maximum atomic E-state index is 11.8. The summed E-state index contributed by atoms with van der Waals surface area (Å²) >= 11 is 1.30. The fourth-order valence-corrected chi connectivity index (χ4v) is 3.64. The van der Waals surface area contributed by atoms with E-state index < -0.39 is 11.9 Å². The maximum Gasteiger partial charge on any atom is 0.355 e. The Kier molecular flexibility index (Phi) is 2.46. The molecule has 1 amide bonds. The number of nitrogens with zero attached hydrogens (tertiary/aromatic N) is 2. The summed E-state index contributed by atoms with van der Waals surface area (Å²) in [7, 11) is 0. The quantitative estimate of drug-likeness (QED) is 0.765. The molecule has 1 aromatic heterocycles. The molecule has 0 saturated carbocycles. The van der Waals surface area contributed by atoms with Crippen LogP contribution in [0.4, 0.5) is 0 Å². The number of β-lactam (4-membered cyclic amide) rings is 1. The van der Waals surface area contributed by atoms with Crippen LogP contribution in [0.2, 0.25) is 0 Å². The lowest BCUT2D eigenvalue weighted by molar-refractivity contribution is -0.153. The van der Waals surface area contributed by atoms with Crippen molar-refractivity contribution in [3.05, 3.63) is 30.2 Å². The van der Waals surface area contributed by atoms with Gasteiger partial charge in [0.2, 0.25) is 5.91 Å². The predicted molar refractivity (Wildman–Crippen MR) is 64.1 cm³/mol. The van der Waals surface area contributed by atoms with E-state index in [0.29, 0.717) is 5.03 Å². The van der Waals surface area contributed by atoms with Gasteiger partial charge >= 0.3 is 5.97 Å². The minimum absolute atomic E-state index is 0.00380. The predicted octanol–water partition coefficient (Wildman–Crippen LogP) is 0.222. The number of carbonyl (C=O) groups excluding carboxylic acids is 1. The average molecular weight is 266 g/mol. The highest BCUT2D eigenvalue weighted by atomic mass is 32.2. The van der Waals surface area contributed by atoms with Gasteiger partial charge in [-0.2, -0.15) is 0 Å². The van der Waals surface area contributed by atoms with Gasteiger partial charge in [-0.25, -0.2) is 4.79 Å². The van der Waals surface area contributed by atoms with Crippen molar-refractivity contribution in [2.75, 3.05) is 6.61 Å². The number of fused-ring (bicyclic) bond motifs is 1. The Labute approximate surface area is 106 Å². The van der Waals surface area contributed by atoms with Gasteiger partial charge in [-0.1, -0.05) is 11.8 Å². The molecular formula is C11H10N2O4S. The molecule has 1 fully saturated rings. The van der Waals surface area contributed by atoms with Crippen molar-refractivity contribution in [1.29, 1.82) is 0 Å². The van der Waals surface area contributed by atoms with Crippen LogP contribution in [-0.2, 0) is 9.59 Å². The zero-order valence-corrected chi connectivity index (χ0v) is 10.0. The molecule has 7 heteroatoms. The van der Waals surface area contributed by atoms with Gasteiger partial charge in [-0.3, -0.25) is 9.69 Å². The van der Waals surface area contributed by atoms with Crippen molar-refractivity contribution >= 4 is 28.7 Å². The second kappa shape index (κ2) is 3.89. The molecule has 2 atom stereocenters. The molecule has 94 valence electrons. The topological polar surface area (TPSA) is 82.8 Å². The highest BCUT2D eigenvalue weighted by molar-refractivity contribution is 8.08. The van der Waals surface area contributed by atoms with Gasteiger partial charge in [0.25, 0.3) is 0 Å². The Hall–Kier alpha value is -1.73. The Morgan fingerprint density at radius 3 is 2.61 bits per heavy atom. The number of hydrogen-bond donors (Lipinski definition) is 2. The molecule has 2 aliphatic rings. The lowest BCUT2D eigenvalue weighted by Crippen LogP contribution is -2.58. The second-order valence-corrected chi connectivity index (χ2v) is 5.16. The van der Waals surface area contributed by atoms with E-state index in [2.05, 4.69) is 0 Å². The Bertz CT molecular complexity index is 551. The number of aliphatic hydroxyl groups excluding tert-OH is 1. The molecule has 3 rings (SSSR count). The van der Waals surface area contributed by atoms with Crippen LogP contribution in [0, 0.1) is 5.92 Å². The van der Waals surface area contributed by atoms with Crippen molar-refractivity contribution in [2.45, 2.75) is 5.37 Å². The van der Waals surface area contributed by atoms with Gasteiger partial charge in [-0.05, 0) is 12.1 Å². The number of aliphatic hydroxyl groups is 1. The van der Waals surface area contributed by atoms with Crippen molar-refractivity contribution in [1.82, 2.24) is 9.47 Å². The number of carbonyl (C=O) groups is 2. The van der Waals surface area contributed by atoms with Crippen molar-refractivity contribution < 1.29 is 19.8 Å². The molecule has 0 unspecified atom stereocenters. The monoisotopic (exact) mass is 266 g/mol. The number of carboxylic acids is 1. The lowest BCUT2D eigenvalue weighted by Gasteiger charge is -2.40. The van der Waals surface area contributed by atoms with Crippen LogP contribution in [0.3, 0.4) is 0 Å². The van der Waals surface area contributed by atoms with E-state index in [0.717, 1.165) is 0 Å². The maximum absolute atomic E-state index is 11.8. The first kappa shape index (κ1) is 11.4. The van der Waals surface area contributed by atoms with Crippen LogP contribution in [0.5, 0.6) is 0 Å². The number of rotatable bonds is 3. The molecule has 2 N–H and O–H groups in total. The first-order valence-corrected chi connectivity index (χ1v) is 6.24. The van der Waals surface area contributed by atoms with Gasteiger partial charge in [0.15, 0.2) is 5.70 Å². The molecule has 0 aliphatic carbocycles. The van der Waals surface area contributed by atoms with Gasteiger partial charge in [0.1, 0.15) is 10.4 Å². The number of carboxylic acid groups (broad SMARTS) is 1. The smallest absolute Gasteiger partial charge is 0.355 e. The van der Waals surface area contributed by atoms with Gasteiger partial charge < -0.3 is 14.8 Å². The molecule has 1 saturated heterocycles. The van der Waals surface area contributed by atoms with E-state index in [1.165, 1.54) is 16.7 Å². The molecule has 2 aliphatic heterocycles. The first-order chi connectivity index (χ1) is 8.65. The standard InChI is InChI=1S/C11H10N2O4S/c14-5-6-8(15)13-7(11(16)17)10(18-9(6)13)12-3-1-2-4-12/h1-4,6,9,14H,5H2,(H,16,17)/t6-,9+/m0/s1. The van der Waals surface area contributed by atoms with E-state index in [1.54, 1.807) is 29.1 Å². The molecular weight excluding hydrogens is 256 g/mol. The third kappa shape index (κ3) is 1.34. The van der Waals surface area contributed by atoms with Crippen LogP contribution < -0.4 is 0 Å². The molecule has 3 heterocycles. The summed E-state index contributed by atoms with van der Waals surface area (Å²) < 4.78 is 1.67. The molecule has 6 nitrogen and oxygen atoms in total. The summed E-state index contributed by atoms with van der Waals surface area (Å²) in [5, 5.41) is 18.6. The summed E-state index contributed by atoms with van der Waals surface area (Å²) in [5.74, 6) is -1.95. The van der Waals surface area contributed by atoms with Crippen LogP contribution in [-0.4, -0.2) is 43.5 Å². The Morgan fingerprint density at radius 2 is 2.06 bits per heavy atom. The summed E-state index contributed by atoms with van der Waals surface area (Å²) in [6, 6.07) is 3.57. The van der Waals surface area contributed by atoms with Crippen LogP contribution >= 0.6 is 11.8 Å². The highest BCUT2D eigenvalue weighted by Gasteiger charge is 2.56. The van der Waals surface area contributed by atoms with Gasteiger partial charge in [0.05, 0.1) is 12.5 Å². The zero-order chi connectivity index (χ0) is 12.9. The number of aliphatic carboxylic acids is 1. The first-order valence-electron chi connectivity index (χ1n) is 5.36. The van der Waals surface area contributed by atoms with Crippen molar-refractivity contribution in [3.63, 3.8) is 0 Å². The lowest BCUT2D eigenvalue weighted by atomic mass is 9.98. The van der Waals surface area contributed by atoms with E-state index >= 15 is 0 Å². The second-order valence-electron chi connectivity index (χ2n) is 4.05. The minimum atomic E-state index is -1.13. The number of amides is 1. The van der Waals surface area contributed by atoms with Gasteiger partial charge in [-0.15, -0.1) is 0 Å². The SMILES string of the molecule is O=C(O)C1=C(n2cccc2)S[C@@H]2[C@@H](CO)C(=O)N12. The highest BCUT2D eigenvalue weighted by Crippen LogP contribution is 2.50. The van der Waals surface area contributed by atoms with Gasteiger partial charge in [0, 0.05) is 12.4 Å². The summed E-state index contributed by atoms with van der Waals surface area (Å²) in [5.41, 5.74) is -0.00380. The Balaban J connectivity index is 2.03. The fraction of sp³-hybridized carbons (Fsp3) is 0.273. The third-order valence-electron chi connectivity index (χ3n) is 3.07. The minimum Gasteiger partial charge on any atom is -0.476 e. The van der Waals surface area contributed by atoms with E-state index in [1.807, 2.05) is 0 Å². The van der Waals surface area contributed by atoms with Crippen LogP contribution in [0.15, 0.2) is 30.2 Å². The summed E-state index contributed by atoms with van der Waals surface area (Å²) in [6.07, 6.45) is 3.46. The third-order valence-corrected chi connectivity index (χ3v) is 4.48. The molecule has 1 aromatic rings. The van der Waals surface area contributed by atoms with Crippen molar-refractivity contribution in [2.24, 2.45) is 5.92 Å². The molecule has 0 aromatic carbocycles. The Morgan fingerprint density at radius 1 is 1.39 bits per heavy atom. The summed E-state index contributed by atoms with van der Waals surface area (Å²) in [6.45, 7) is -0.251. The van der Waals surface area contributed by atoms with Crippen LogP contribution in [0.1, 0.15) is 0 Å². The number of aromatic nitrogens is 1. The molecule has 0 spiro atoms. The average Bonchev–Trinajstić information content (AvgIpc) is 2.93. The molecule has 0 radical (unpaired) electrons. The molecule has 0 bridgehead atoms. The molecule has 18 heavy (non-hydrogen) atoms. The zero-order valence-electron chi connectivity index (χ0n) is 9.18. The summed E-state index contributed by atoms with van der Waals surface area (Å²) in [4.78, 5) is 24.3. The number of hydrogen-bond acceptors (Lipinski definition) is 4. The fourth-order valence-electron chi connectivity index (χ4n) is 2.19. The van der Waals surface area contributed by atoms with E-state index in [9.17, 15) is 14.7 Å². The number of thioether (sulfide) groups is 1. The van der Waals surface area contributed by atoms with Crippen molar-refractivity contribution in [3.8, 4) is 0 Å². The van der Waals surface area contributed by atoms with E-state index in [-0.39, 0.29) is 23.6 Å². The normalized spacial score (nSPS) is 26.3.